The van der Waals surface area contributed by atoms with Crippen LogP contribution in [0, 0.1) is 13.8 Å². The molecule has 0 aliphatic heterocycles. The van der Waals surface area contributed by atoms with E-state index in [2.05, 4.69) is 4.74 Å². The first kappa shape index (κ1) is 18.4. The number of hydrogen-bond donors (Lipinski definition) is 0. The second-order valence-corrected chi connectivity index (χ2v) is 5.36. The SMILES string of the molecule is COc1cc(C(=O)OCOC(C)=O)c(-n2c(C)ccc2C)cc1OC. The normalized spacial score (nSPS) is 10.3. The number of methoxy groups -OCH3 is 2. The number of hydrogen-bond acceptors (Lipinski definition) is 6. The zero-order chi connectivity index (χ0) is 18.6. The third kappa shape index (κ3) is 3.93. The highest BCUT2D eigenvalue weighted by Gasteiger charge is 2.21. The van der Waals surface area contributed by atoms with E-state index < -0.39 is 18.7 Å². The number of carbonyl (C=O) groups excluding carboxylic acids is 2. The van der Waals surface area contributed by atoms with E-state index in [0.29, 0.717) is 17.2 Å². The Hall–Kier alpha value is -2.96. The van der Waals surface area contributed by atoms with Crippen molar-refractivity contribution < 1.29 is 28.5 Å². The summed E-state index contributed by atoms with van der Waals surface area (Å²) in [4.78, 5) is 23.3. The van der Waals surface area contributed by atoms with E-state index in [1.807, 2.05) is 30.5 Å². The molecule has 0 unspecified atom stereocenters. The quantitative estimate of drug-likeness (QED) is 0.591. The molecule has 0 aliphatic rings. The Kier molecular flexibility index (Phi) is 5.69. The highest BCUT2D eigenvalue weighted by Crippen LogP contribution is 2.34. The van der Waals surface area contributed by atoms with E-state index in [1.165, 1.54) is 21.1 Å². The molecule has 7 nitrogen and oxygen atoms in total. The van der Waals surface area contributed by atoms with Gasteiger partial charge in [0.25, 0.3) is 0 Å². The Morgan fingerprint density at radius 3 is 2.04 bits per heavy atom. The van der Waals surface area contributed by atoms with E-state index >= 15 is 0 Å². The van der Waals surface area contributed by atoms with Crippen LogP contribution in [0.25, 0.3) is 5.69 Å². The van der Waals surface area contributed by atoms with Crippen LogP contribution in [0.2, 0.25) is 0 Å². The summed E-state index contributed by atoms with van der Waals surface area (Å²) >= 11 is 0. The van der Waals surface area contributed by atoms with Crippen molar-refractivity contribution in [1.29, 1.82) is 0 Å². The number of ether oxygens (including phenoxy) is 4. The van der Waals surface area contributed by atoms with Crippen molar-refractivity contribution in [2.45, 2.75) is 20.8 Å². The van der Waals surface area contributed by atoms with Gasteiger partial charge in [0.1, 0.15) is 0 Å². The predicted molar refractivity (Wildman–Crippen MR) is 90.4 cm³/mol. The van der Waals surface area contributed by atoms with E-state index in [4.69, 9.17) is 14.2 Å². The highest BCUT2D eigenvalue weighted by atomic mass is 16.7. The van der Waals surface area contributed by atoms with Crippen LogP contribution in [0.1, 0.15) is 28.7 Å². The number of rotatable bonds is 6. The summed E-state index contributed by atoms with van der Waals surface area (Å²) in [5, 5.41) is 0. The minimum absolute atomic E-state index is 0.271. The minimum atomic E-state index is -0.635. The molecule has 1 heterocycles. The molecule has 0 saturated heterocycles. The predicted octanol–water partition coefficient (Wildman–Crippen LogP) is 2.79. The first-order chi connectivity index (χ1) is 11.9. The molecule has 134 valence electrons. The first-order valence-corrected chi connectivity index (χ1v) is 7.60. The van der Waals surface area contributed by atoms with Gasteiger partial charge < -0.3 is 23.5 Å². The number of aromatic nitrogens is 1. The smallest absolute Gasteiger partial charge is 0.343 e. The second kappa shape index (κ2) is 7.74. The van der Waals surface area contributed by atoms with E-state index in [0.717, 1.165) is 11.4 Å². The summed E-state index contributed by atoms with van der Waals surface area (Å²) in [6.07, 6.45) is 0. The maximum absolute atomic E-state index is 12.5. The Morgan fingerprint density at radius 2 is 1.52 bits per heavy atom. The van der Waals surface area contributed by atoms with Crippen LogP contribution in [0.15, 0.2) is 24.3 Å². The third-order valence-electron chi connectivity index (χ3n) is 3.69. The zero-order valence-corrected chi connectivity index (χ0v) is 14.9. The minimum Gasteiger partial charge on any atom is -0.493 e. The number of aryl methyl sites for hydroxylation is 2. The van der Waals surface area contributed by atoms with Crippen LogP contribution in [0.4, 0.5) is 0 Å². The molecule has 0 fully saturated rings. The van der Waals surface area contributed by atoms with Crippen LogP contribution >= 0.6 is 0 Å². The zero-order valence-electron chi connectivity index (χ0n) is 14.9. The molecule has 0 atom stereocenters. The number of carbonyl (C=O) groups is 2. The fourth-order valence-electron chi connectivity index (χ4n) is 2.51. The van der Waals surface area contributed by atoms with Gasteiger partial charge in [0, 0.05) is 30.4 Å². The molecule has 7 heteroatoms. The Labute approximate surface area is 146 Å². The fourth-order valence-corrected chi connectivity index (χ4v) is 2.51. The maximum atomic E-state index is 12.5. The maximum Gasteiger partial charge on any atom is 0.343 e. The molecular weight excluding hydrogens is 326 g/mol. The van der Waals surface area contributed by atoms with Crippen molar-refractivity contribution in [3.05, 3.63) is 41.2 Å². The number of nitrogens with zero attached hydrogens (tertiary/aromatic N) is 1. The molecule has 0 spiro atoms. The summed E-state index contributed by atoms with van der Waals surface area (Å²) in [6.45, 7) is 4.64. The van der Waals surface area contributed by atoms with Gasteiger partial charge in [-0.25, -0.2) is 4.79 Å². The highest BCUT2D eigenvalue weighted by molar-refractivity contribution is 5.94. The summed E-state index contributed by atoms with van der Waals surface area (Å²) in [5.74, 6) is -0.281. The molecule has 1 aromatic heterocycles. The molecule has 2 rings (SSSR count). The molecule has 0 bridgehead atoms. The largest absolute Gasteiger partial charge is 0.493 e. The molecule has 1 aromatic carbocycles. The first-order valence-electron chi connectivity index (χ1n) is 7.60. The fraction of sp³-hybridized carbons (Fsp3) is 0.333. The van der Waals surface area contributed by atoms with Crippen molar-refractivity contribution >= 4 is 11.9 Å². The monoisotopic (exact) mass is 347 g/mol. The third-order valence-corrected chi connectivity index (χ3v) is 3.69. The lowest BCUT2D eigenvalue weighted by Gasteiger charge is -2.17. The Morgan fingerprint density at radius 1 is 0.960 bits per heavy atom. The Bertz CT molecular complexity index is 774. The molecular formula is C18H21NO6. The topological polar surface area (TPSA) is 76.0 Å². The van der Waals surface area contributed by atoms with E-state index in [9.17, 15) is 9.59 Å². The van der Waals surface area contributed by atoms with E-state index in [-0.39, 0.29) is 5.56 Å². The van der Waals surface area contributed by atoms with Gasteiger partial charge in [-0.05, 0) is 26.0 Å². The van der Waals surface area contributed by atoms with Crippen LogP contribution in [-0.2, 0) is 14.3 Å². The summed E-state index contributed by atoms with van der Waals surface area (Å²) in [5.41, 5.74) is 2.75. The molecule has 0 radical (unpaired) electrons. The van der Waals surface area contributed by atoms with Crippen molar-refractivity contribution in [3.63, 3.8) is 0 Å². The summed E-state index contributed by atoms with van der Waals surface area (Å²) in [7, 11) is 3.01. The summed E-state index contributed by atoms with van der Waals surface area (Å²) < 4.78 is 22.2. The molecule has 2 aromatic rings. The van der Waals surface area contributed by atoms with Gasteiger partial charge in [-0.2, -0.15) is 0 Å². The standard InChI is InChI=1S/C18H21NO6/c1-11-6-7-12(2)19(11)15-9-17(23-5)16(22-4)8-14(15)18(21)25-10-24-13(3)20/h6-9H,10H2,1-5H3. The second-order valence-electron chi connectivity index (χ2n) is 5.36. The van der Waals surface area contributed by atoms with Gasteiger partial charge in [0.2, 0.25) is 6.79 Å². The van der Waals surface area contributed by atoms with E-state index in [1.54, 1.807) is 12.1 Å². The van der Waals surface area contributed by atoms with Crippen molar-refractivity contribution in [2.24, 2.45) is 0 Å². The van der Waals surface area contributed by atoms with Gasteiger partial charge in [0.05, 0.1) is 25.5 Å². The lowest BCUT2D eigenvalue weighted by atomic mass is 10.1. The molecule has 0 amide bonds. The van der Waals surface area contributed by atoms with Crippen LogP contribution in [0.3, 0.4) is 0 Å². The van der Waals surface area contributed by atoms with Gasteiger partial charge in [-0.1, -0.05) is 0 Å². The molecule has 0 saturated carbocycles. The summed E-state index contributed by atoms with van der Waals surface area (Å²) in [6, 6.07) is 7.14. The van der Waals surface area contributed by atoms with Crippen LogP contribution in [-0.4, -0.2) is 37.5 Å². The van der Waals surface area contributed by atoms with Crippen molar-refractivity contribution in [1.82, 2.24) is 4.57 Å². The molecule has 0 N–H and O–H groups in total. The average molecular weight is 347 g/mol. The van der Waals surface area contributed by atoms with Gasteiger partial charge in [-0.3, -0.25) is 4.79 Å². The molecule has 0 aliphatic carbocycles. The lowest BCUT2D eigenvalue weighted by Crippen LogP contribution is -2.15. The van der Waals surface area contributed by atoms with Crippen LogP contribution in [0.5, 0.6) is 11.5 Å². The average Bonchev–Trinajstić information content (AvgIpc) is 2.91. The Balaban J connectivity index is 2.52. The van der Waals surface area contributed by atoms with Gasteiger partial charge in [0.15, 0.2) is 11.5 Å². The van der Waals surface area contributed by atoms with Gasteiger partial charge >= 0.3 is 11.9 Å². The van der Waals surface area contributed by atoms with Crippen LogP contribution < -0.4 is 9.47 Å². The van der Waals surface area contributed by atoms with Crippen molar-refractivity contribution in [3.8, 4) is 17.2 Å². The molecule has 25 heavy (non-hydrogen) atoms. The number of benzene rings is 1. The van der Waals surface area contributed by atoms with Crippen molar-refractivity contribution in [2.75, 3.05) is 21.0 Å². The van der Waals surface area contributed by atoms with Gasteiger partial charge in [-0.15, -0.1) is 0 Å². The lowest BCUT2D eigenvalue weighted by molar-refractivity contribution is -0.149. The number of esters is 2.